The maximum Gasteiger partial charge on any atom is 0.472 e. The van der Waals surface area contributed by atoms with Crippen molar-refractivity contribution in [2.75, 3.05) is 40.9 Å². The minimum Gasteiger partial charge on any atom is -0.456 e. The number of quaternary nitrogens is 1. The topological polar surface area (TPSA) is 111 Å². The molecule has 1 amide bonds. The molecule has 0 radical (unpaired) electrons. The van der Waals surface area contributed by atoms with Crippen molar-refractivity contribution in [2.45, 2.75) is 315 Å². The fraction of sp³-hybridized carbons (Fsp3) is 0.846. The Morgan fingerprint density at radius 2 is 0.813 bits per heavy atom. The molecule has 0 aromatic rings. The number of carbonyl (C=O) groups is 2. The summed E-state index contributed by atoms with van der Waals surface area (Å²) in [6, 6.07) is -0.858. The number of amides is 1. The Bertz CT molecular complexity index is 1420. The van der Waals surface area contributed by atoms with E-state index in [2.05, 4.69) is 62.5 Å². The lowest BCUT2D eigenvalue weighted by Gasteiger charge is -2.27. The normalized spacial score (nSPS) is 14.0. The second-order valence-corrected chi connectivity index (χ2v) is 24.4. The van der Waals surface area contributed by atoms with Crippen molar-refractivity contribution < 1.29 is 37.3 Å². The summed E-state index contributed by atoms with van der Waals surface area (Å²) in [4.78, 5) is 37.7. The van der Waals surface area contributed by atoms with Gasteiger partial charge >= 0.3 is 13.8 Å². The molecule has 0 aliphatic heterocycles. The van der Waals surface area contributed by atoms with Gasteiger partial charge in [0.25, 0.3) is 0 Å². The van der Waals surface area contributed by atoms with Crippen LogP contribution >= 0.6 is 7.82 Å². The standard InChI is InChI=1S/C65H123N2O7P/c1-7-10-13-16-19-22-25-28-30-32-33-35-37-40-43-46-49-52-55-58-65(69)74-63(56-53-50-47-44-41-38-27-24-21-18-15-12-9-3)62(61-73-75(70,71)72-60-59-67(4,5)6)66-64(68)57-54-51-48-45-42-39-36-34-31-29-26-23-20-17-14-11-8-2/h20,23,29,31,36,39,53,56,62-63H,7-19,21-22,24-28,30,32-35,37-38,40-52,54-55,57-61H2,1-6H3,(H-,66,68,70,71)/p+1/b23-20-,31-29-,39-36-,56-53+. The molecule has 3 unspecified atom stereocenters. The monoisotopic (exact) mass is 1080 g/mol. The summed E-state index contributed by atoms with van der Waals surface area (Å²) in [5, 5.41) is 3.05. The molecule has 9 nitrogen and oxygen atoms in total. The smallest absolute Gasteiger partial charge is 0.456 e. The van der Waals surface area contributed by atoms with Crippen LogP contribution in [-0.4, -0.2) is 74.3 Å². The fourth-order valence-electron chi connectivity index (χ4n) is 9.30. The lowest BCUT2D eigenvalue weighted by atomic mass is 10.0. The average molecular weight is 1080 g/mol. The molecule has 0 aromatic heterocycles. The average Bonchev–Trinajstić information content (AvgIpc) is 3.37. The molecule has 440 valence electrons. The van der Waals surface area contributed by atoms with Crippen molar-refractivity contribution in [3.63, 3.8) is 0 Å². The van der Waals surface area contributed by atoms with Gasteiger partial charge in [-0.25, -0.2) is 4.57 Å². The number of allylic oxidation sites excluding steroid dienone is 7. The van der Waals surface area contributed by atoms with Gasteiger partial charge in [0, 0.05) is 12.8 Å². The predicted octanol–water partition coefficient (Wildman–Crippen LogP) is 19.7. The lowest BCUT2D eigenvalue weighted by molar-refractivity contribution is -0.870. The molecule has 0 fully saturated rings. The number of carbonyl (C=O) groups excluding carboxylic acids is 2. The van der Waals surface area contributed by atoms with Gasteiger partial charge in [-0.1, -0.05) is 269 Å². The third-order valence-electron chi connectivity index (χ3n) is 14.3. The van der Waals surface area contributed by atoms with Crippen LogP contribution in [0.25, 0.3) is 0 Å². The van der Waals surface area contributed by atoms with Crippen LogP contribution < -0.4 is 5.32 Å². The molecule has 0 saturated carbocycles. The van der Waals surface area contributed by atoms with E-state index in [0.29, 0.717) is 23.9 Å². The van der Waals surface area contributed by atoms with Gasteiger partial charge in [-0.05, 0) is 70.3 Å². The first kappa shape index (κ1) is 73.0. The molecule has 0 aliphatic rings. The molecule has 75 heavy (non-hydrogen) atoms. The van der Waals surface area contributed by atoms with E-state index in [0.717, 1.165) is 83.5 Å². The highest BCUT2D eigenvalue weighted by Gasteiger charge is 2.30. The summed E-state index contributed by atoms with van der Waals surface area (Å²) in [6.45, 7) is 7.00. The maximum atomic E-state index is 13.5. The highest BCUT2D eigenvalue weighted by atomic mass is 31.2. The van der Waals surface area contributed by atoms with Gasteiger partial charge in [-0.15, -0.1) is 0 Å². The molecular weight excluding hydrogens is 952 g/mol. The van der Waals surface area contributed by atoms with Gasteiger partial charge in [-0.2, -0.15) is 0 Å². The molecule has 2 N–H and O–H groups in total. The molecule has 0 saturated heterocycles. The molecule has 0 bridgehead atoms. The van der Waals surface area contributed by atoms with Crippen LogP contribution in [-0.2, 0) is 27.9 Å². The number of ether oxygens (including phenoxy) is 1. The molecular formula is C65H124N2O7P+. The summed E-state index contributed by atoms with van der Waals surface area (Å²) in [5.74, 6) is -0.518. The minimum absolute atomic E-state index is 0.0367. The largest absolute Gasteiger partial charge is 0.472 e. The van der Waals surface area contributed by atoms with Gasteiger partial charge in [0.1, 0.15) is 19.3 Å². The van der Waals surface area contributed by atoms with Crippen LogP contribution in [0.4, 0.5) is 0 Å². The van der Waals surface area contributed by atoms with Crippen molar-refractivity contribution in [3.8, 4) is 0 Å². The van der Waals surface area contributed by atoms with Gasteiger partial charge < -0.3 is 19.4 Å². The first-order chi connectivity index (χ1) is 36.4. The Kier molecular flexibility index (Phi) is 53.8. The van der Waals surface area contributed by atoms with Gasteiger partial charge in [0.05, 0.1) is 33.8 Å². The minimum atomic E-state index is -4.45. The number of phosphoric acid groups is 1. The summed E-state index contributed by atoms with van der Waals surface area (Å²) in [7, 11) is 1.49. The van der Waals surface area contributed by atoms with Crippen LogP contribution in [0.3, 0.4) is 0 Å². The lowest BCUT2D eigenvalue weighted by Crippen LogP contribution is -2.47. The van der Waals surface area contributed by atoms with Gasteiger partial charge in [-0.3, -0.25) is 18.6 Å². The van der Waals surface area contributed by atoms with Crippen LogP contribution in [0.2, 0.25) is 0 Å². The first-order valence-electron chi connectivity index (χ1n) is 32.0. The molecule has 0 aromatic carbocycles. The Balaban J connectivity index is 5.28. The van der Waals surface area contributed by atoms with Crippen LogP contribution in [0.5, 0.6) is 0 Å². The van der Waals surface area contributed by atoms with E-state index in [1.807, 2.05) is 33.3 Å². The van der Waals surface area contributed by atoms with Crippen molar-refractivity contribution in [2.24, 2.45) is 0 Å². The van der Waals surface area contributed by atoms with E-state index in [9.17, 15) is 19.0 Å². The maximum absolute atomic E-state index is 13.5. The Morgan fingerprint density at radius 1 is 0.467 bits per heavy atom. The first-order valence-corrected chi connectivity index (χ1v) is 33.5. The summed E-state index contributed by atoms with van der Waals surface area (Å²) in [6.07, 6.45) is 68.2. The fourth-order valence-corrected chi connectivity index (χ4v) is 10.0. The third kappa shape index (κ3) is 56.5. The number of hydrogen-bond donors (Lipinski definition) is 2. The van der Waals surface area contributed by atoms with E-state index >= 15 is 0 Å². The van der Waals surface area contributed by atoms with Crippen LogP contribution in [0, 0.1) is 0 Å². The van der Waals surface area contributed by atoms with Crippen molar-refractivity contribution >= 4 is 19.7 Å². The molecule has 0 heterocycles. The van der Waals surface area contributed by atoms with Crippen molar-refractivity contribution in [1.82, 2.24) is 5.32 Å². The Labute approximate surface area is 465 Å². The summed E-state index contributed by atoms with van der Waals surface area (Å²) in [5.41, 5.74) is 0. The number of phosphoric ester groups is 1. The highest BCUT2D eigenvalue weighted by Crippen LogP contribution is 2.43. The number of unbranched alkanes of at least 4 members (excludes halogenated alkanes) is 36. The number of esters is 1. The zero-order valence-corrected chi connectivity index (χ0v) is 51.2. The Morgan fingerprint density at radius 3 is 1.24 bits per heavy atom. The predicted molar refractivity (Wildman–Crippen MR) is 323 cm³/mol. The van der Waals surface area contributed by atoms with Crippen LogP contribution in [0.1, 0.15) is 303 Å². The summed E-state index contributed by atoms with van der Waals surface area (Å²) < 4.78 is 30.7. The molecule has 0 spiro atoms. The van der Waals surface area contributed by atoms with Crippen molar-refractivity contribution in [3.05, 3.63) is 48.6 Å². The van der Waals surface area contributed by atoms with E-state index in [4.69, 9.17) is 13.8 Å². The molecule has 3 atom stereocenters. The number of rotatable bonds is 58. The van der Waals surface area contributed by atoms with Gasteiger partial charge in [0.15, 0.2) is 0 Å². The second-order valence-electron chi connectivity index (χ2n) is 22.9. The van der Waals surface area contributed by atoms with Crippen LogP contribution in [0.15, 0.2) is 48.6 Å². The molecule has 10 heteroatoms. The number of nitrogens with zero attached hydrogens (tertiary/aromatic N) is 1. The number of hydrogen-bond acceptors (Lipinski definition) is 6. The quantitative estimate of drug-likeness (QED) is 0.0205. The summed E-state index contributed by atoms with van der Waals surface area (Å²) >= 11 is 0. The molecule has 0 rings (SSSR count). The van der Waals surface area contributed by atoms with E-state index in [1.54, 1.807) is 0 Å². The third-order valence-corrected chi connectivity index (χ3v) is 15.3. The number of likely N-dealkylation sites (N-methyl/N-ethyl adjacent to an activating group) is 1. The van der Waals surface area contributed by atoms with E-state index in [1.165, 1.54) is 186 Å². The Hall–Kier alpha value is -2.03. The highest BCUT2D eigenvalue weighted by molar-refractivity contribution is 7.47. The van der Waals surface area contributed by atoms with E-state index in [-0.39, 0.29) is 25.1 Å². The zero-order chi connectivity index (χ0) is 55.0. The van der Waals surface area contributed by atoms with Gasteiger partial charge in [0.2, 0.25) is 5.91 Å². The number of nitrogens with one attached hydrogen (secondary N) is 1. The SMILES string of the molecule is CCCCC/C=C\C/C=C\C/C=C\CCCCCCC(=O)NC(COP(=O)(O)OCC[N+](C)(C)C)C(/C=C/CCCCCCCCCCCCC)OC(=O)CCCCCCCCCCCCCCCCCCCCC. The van der Waals surface area contributed by atoms with E-state index < -0.39 is 20.0 Å². The second kappa shape index (κ2) is 55.3. The zero-order valence-electron chi connectivity index (χ0n) is 50.3. The van der Waals surface area contributed by atoms with Crippen molar-refractivity contribution in [1.29, 1.82) is 0 Å². The molecule has 0 aliphatic carbocycles.